The van der Waals surface area contributed by atoms with E-state index >= 15 is 0 Å². The van der Waals surface area contributed by atoms with Crippen molar-refractivity contribution in [2.75, 3.05) is 4.72 Å². The molecule has 0 aliphatic rings. The Bertz CT molecular complexity index is 1570. The average Bonchev–Trinajstić information content (AvgIpc) is 2.79. The normalized spacial score (nSPS) is 11.4. The van der Waals surface area contributed by atoms with Crippen molar-refractivity contribution >= 4 is 26.5 Å². The number of aryl methyl sites for hydroxylation is 1. The van der Waals surface area contributed by atoms with Gasteiger partial charge in [-0.15, -0.1) is 0 Å². The zero-order chi connectivity index (χ0) is 23.8. The highest BCUT2D eigenvalue weighted by Gasteiger charge is 2.18. The molecule has 10 heteroatoms. The number of fused-ring (bicyclic) bond motifs is 1. The molecule has 0 radical (unpaired) electrons. The number of nitrogens with zero attached hydrogens (tertiary/aromatic N) is 2. The molecule has 0 bridgehead atoms. The molecule has 0 aliphatic heterocycles. The van der Waals surface area contributed by atoms with Gasteiger partial charge in [0.15, 0.2) is 11.6 Å². The van der Waals surface area contributed by atoms with Crippen LogP contribution in [-0.4, -0.2) is 18.0 Å². The molecule has 1 N–H and O–H groups in total. The van der Waals surface area contributed by atoms with Crippen LogP contribution in [-0.2, 0) is 17.1 Å². The second kappa shape index (κ2) is 8.47. The van der Waals surface area contributed by atoms with Crippen LogP contribution in [0.1, 0.15) is 0 Å². The van der Waals surface area contributed by atoms with Gasteiger partial charge in [-0.25, -0.2) is 22.2 Å². The molecule has 0 spiro atoms. The number of nitrogens with one attached hydrogen (secondary N) is 1. The lowest BCUT2D eigenvalue weighted by Crippen LogP contribution is -2.16. The SMILES string of the molecule is C=CS(=O)(=O)Nc1cnc(Oc2ccc(F)cc2F)c(-c2cn(C)c(=O)c3ccccc23)c1. The van der Waals surface area contributed by atoms with Gasteiger partial charge >= 0.3 is 0 Å². The maximum atomic E-state index is 14.2. The first-order valence-corrected chi connectivity index (χ1v) is 11.1. The molecule has 4 rings (SSSR count). The number of hydrogen-bond acceptors (Lipinski definition) is 5. The zero-order valence-electron chi connectivity index (χ0n) is 17.2. The van der Waals surface area contributed by atoms with Crippen LogP contribution in [0.5, 0.6) is 11.6 Å². The lowest BCUT2D eigenvalue weighted by molar-refractivity contribution is 0.425. The van der Waals surface area contributed by atoms with Crippen LogP contribution in [0.15, 0.2) is 77.7 Å². The summed E-state index contributed by atoms with van der Waals surface area (Å²) in [6, 6.07) is 11.1. The average molecular weight is 469 g/mol. The van der Waals surface area contributed by atoms with Crippen molar-refractivity contribution in [3.63, 3.8) is 0 Å². The molecule has 0 amide bonds. The van der Waals surface area contributed by atoms with Crippen LogP contribution in [0.3, 0.4) is 0 Å². The van der Waals surface area contributed by atoms with E-state index in [1.807, 2.05) is 0 Å². The number of hydrogen-bond donors (Lipinski definition) is 1. The minimum Gasteiger partial charge on any atom is -0.435 e. The molecule has 7 nitrogen and oxygen atoms in total. The fourth-order valence-electron chi connectivity index (χ4n) is 3.28. The van der Waals surface area contributed by atoms with E-state index in [-0.39, 0.29) is 28.4 Å². The van der Waals surface area contributed by atoms with Crippen LogP contribution in [0, 0.1) is 11.6 Å². The van der Waals surface area contributed by atoms with Crippen molar-refractivity contribution < 1.29 is 21.9 Å². The van der Waals surface area contributed by atoms with Gasteiger partial charge < -0.3 is 9.30 Å². The van der Waals surface area contributed by atoms with Gasteiger partial charge in [0.25, 0.3) is 15.6 Å². The van der Waals surface area contributed by atoms with Crippen molar-refractivity contribution in [2.24, 2.45) is 7.05 Å². The quantitative estimate of drug-likeness (QED) is 0.447. The van der Waals surface area contributed by atoms with Crippen LogP contribution >= 0.6 is 0 Å². The van der Waals surface area contributed by atoms with Gasteiger partial charge in [-0.2, -0.15) is 0 Å². The van der Waals surface area contributed by atoms with Gasteiger partial charge in [-0.05, 0) is 29.7 Å². The molecule has 2 aromatic heterocycles. The van der Waals surface area contributed by atoms with Gasteiger partial charge in [-0.3, -0.25) is 9.52 Å². The third kappa shape index (κ3) is 4.46. The first kappa shape index (κ1) is 22.2. The van der Waals surface area contributed by atoms with E-state index in [4.69, 9.17) is 4.74 Å². The van der Waals surface area contributed by atoms with E-state index in [0.717, 1.165) is 17.5 Å². The lowest BCUT2D eigenvalue weighted by Gasteiger charge is -2.15. The number of benzene rings is 2. The first-order valence-electron chi connectivity index (χ1n) is 9.55. The first-order chi connectivity index (χ1) is 15.7. The Morgan fingerprint density at radius 3 is 2.52 bits per heavy atom. The monoisotopic (exact) mass is 469 g/mol. The minimum atomic E-state index is -3.84. The molecule has 0 saturated carbocycles. The predicted molar refractivity (Wildman–Crippen MR) is 122 cm³/mol. The number of ether oxygens (including phenoxy) is 1. The Labute approximate surface area is 187 Å². The largest absolute Gasteiger partial charge is 0.435 e. The van der Waals surface area contributed by atoms with Gasteiger partial charge in [0.2, 0.25) is 5.88 Å². The van der Waals surface area contributed by atoms with E-state index in [1.54, 1.807) is 37.5 Å². The summed E-state index contributed by atoms with van der Waals surface area (Å²) in [4.78, 5) is 16.7. The molecule has 0 saturated heterocycles. The van der Waals surface area contributed by atoms with Gasteiger partial charge in [0, 0.05) is 41.2 Å². The predicted octanol–water partition coefficient (Wildman–Crippen LogP) is 4.56. The van der Waals surface area contributed by atoms with Crippen LogP contribution in [0.4, 0.5) is 14.5 Å². The second-order valence-corrected chi connectivity index (χ2v) is 8.70. The van der Waals surface area contributed by atoms with Crippen molar-refractivity contribution in [3.8, 4) is 22.8 Å². The Kier molecular flexibility index (Phi) is 5.69. The standard InChI is InChI=1S/C23H17F2N3O4S/c1-3-33(30,31)27-15-11-18(19-13-28(2)23(29)17-7-5-4-6-16(17)19)22(26-12-15)32-21-9-8-14(24)10-20(21)25/h3-13,27H,1H2,2H3. The maximum Gasteiger partial charge on any atom is 0.258 e. The number of anilines is 1. The molecule has 2 aromatic carbocycles. The maximum absolute atomic E-state index is 14.2. The summed E-state index contributed by atoms with van der Waals surface area (Å²) in [5.74, 6) is -2.07. The smallest absolute Gasteiger partial charge is 0.258 e. The summed E-state index contributed by atoms with van der Waals surface area (Å²) in [6.07, 6.45) is 2.73. The fraction of sp³-hybridized carbons (Fsp3) is 0.0435. The zero-order valence-corrected chi connectivity index (χ0v) is 18.1. The van der Waals surface area contributed by atoms with Crippen molar-refractivity contribution in [1.29, 1.82) is 0 Å². The number of pyridine rings is 2. The summed E-state index contributed by atoms with van der Waals surface area (Å²) >= 11 is 0. The lowest BCUT2D eigenvalue weighted by atomic mass is 10.0. The van der Waals surface area contributed by atoms with E-state index in [2.05, 4.69) is 16.3 Å². The molecule has 0 fully saturated rings. The Morgan fingerprint density at radius 2 is 1.82 bits per heavy atom. The number of halogens is 2. The molecular formula is C23H17F2N3O4S. The molecule has 0 atom stereocenters. The minimum absolute atomic E-state index is 0.0779. The molecule has 33 heavy (non-hydrogen) atoms. The molecule has 2 heterocycles. The molecular weight excluding hydrogens is 452 g/mol. The number of sulfonamides is 1. The highest BCUT2D eigenvalue weighted by molar-refractivity contribution is 7.95. The molecule has 4 aromatic rings. The third-order valence-corrected chi connectivity index (χ3v) is 5.77. The van der Waals surface area contributed by atoms with Gasteiger partial charge in [0.05, 0.1) is 11.9 Å². The fourth-order valence-corrected chi connectivity index (χ4v) is 3.80. The summed E-state index contributed by atoms with van der Waals surface area (Å²) in [5.41, 5.74) is 0.611. The summed E-state index contributed by atoms with van der Waals surface area (Å²) in [7, 11) is -2.27. The van der Waals surface area contributed by atoms with Crippen LogP contribution in [0.25, 0.3) is 21.9 Å². The Morgan fingerprint density at radius 1 is 1.09 bits per heavy atom. The van der Waals surface area contributed by atoms with Crippen LogP contribution in [0.2, 0.25) is 0 Å². The highest BCUT2D eigenvalue weighted by Crippen LogP contribution is 2.37. The Hall–Kier alpha value is -4.05. The highest BCUT2D eigenvalue weighted by atomic mass is 32.2. The summed E-state index contributed by atoms with van der Waals surface area (Å²) < 4.78 is 60.8. The van der Waals surface area contributed by atoms with E-state index in [0.29, 0.717) is 22.4 Å². The second-order valence-electron chi connectivity index (χ2n) is 7.07. The summed E-state index contributed by atoms with van der Waals surface area (Å²) in [6.45, 7) is 3.26. The van der Waals surface area contributed by atoms with E-state index < -0.39 is 21.7 Å². The van der Waals surface area contributed by atoms with Crippen molar-refractivity contribution in [3.05, 3.63) is 94.9 Å². The van der Waals surface area contributed by atoms with E-state index in [1.165, 1.54) is 16.8 Å². The summed E-state index contributed by atoms with van der Waals surface area (Å²) in [5, 5.41) is 1.70. The molecule has 168 valence electrons. The van der Waals surface area contributed by atoms with Crippen molar-refractivity contribution in [2.45, 2.75) is 0 Å². The van der Waals surface area contributed by atoms with Crippen molar-refractivity contribution in [1.82, 2.24) is 9.55 Å². The van der Waals surface area contributed by atoms with E-state index in [9.17, 15) is 22.0 Å². The topological polar surface area (TPSA) is 90.3 Å². The molecule has 0 aliphatic carbocycles. The Balaban J connectivity index is 1.96. The third-order valence-electron chi connectivity index (χ3n) is 4.81. The number of rotatable bonds is 6. The van der Waals surface area contributed by atoms with Gasteiger partial charge in [0.1, 0.15) is 5.82 Å². The number of aromatic nitrogens is 2. The van der Waals surface area contributed by atoms with Gasteiger partial charge in [-0.1, -0.05) is 24.8 Å². The molecule has 0 unspecified atom stereocenters. The van der Waals surface area contributed by atoms with Crippen LogP contribution < -0.4 is 15.0 Å².